The van der Waals surface area contributed by atoms with E-state index in [1.54, 1.807) is 25.1 Å². The number of aromatic carboxylic acids is 1. The maximum absolute atomic E-state index is 11.7. The van der Waals surface area contributed by atoms with Gasteiger partial charge in [0.25, 0.3) is 0 Å². The molecule has 0 amide bonds. The molecule has 0 unspecified atom stereocenters. The van der Waals surface area contributed by atoms with E-state index in [1.165, 1.54) is 24.3 Å². The summed E-state index contributed by atoms with van der Waals surface area (Å²) in [5.74, 6) is -1.15. The third-order valence-electron chi connectivity index (χ3n) is 2.82. The second kappa shape index (κ2) is 6.28. The number of hydrogen-bond donors (Lipinski definition) is 2. The Labute approximate surface area is 126 Å². The predicted molar refractivity (Wildman–Crippen MR) is 80.1 cm³/mol. The van der Waals surface area contributed by atoms with Crippen molar-refractivity contribution in [3.8, 4) is 5.75 Å². The highest BCUT2D eigenvalue weighted by Gasteiger charge is 2.02. The van der Waals surface area contributed by atoms with Crippen LogP contribution in [0.1, 0.15) is 22.8 Å². The minimum atomic E-state index is -0.990. The Bertz CT molecular complexity index is 697. The van der Waals surface area contributed by atoms with Crippen molar-refractivity contribution in [1.29, 1.82) is 0 Å². The number of nitrogens with one attached hydrogen (secondary N) is 1. The fourth-order valence-electron chi connectivity index (χ4n) is 1.68. The van der Waals surface area contributed by atoms with Crippen LogP contribution in [0, 0.1) is 0 Å². The third-order valence-corrected chi connectivity index (χ3v) is 3.05. The lowest BCUT2D eigenvalue weighted by Gasteiger charge is -2.13. The summed E-state index contributed by atoms with van der Waals surface area (Å²) in [5, 5.41) is 25.1. The van der Waals surface area contributed by atoms with Crippen molar-refractivity contribution in [2.75, 3.05) is 5.43 Å². The zero-order valence-electron chi connectivity index (χ0n) is 11.1. The monoisotopic (exact) mass is 303 g/mol. The number of carboxylic acid groups (broad SMARTS) is 1. The van der Waals surface area contributed by atoms with E-state index in [9.17, 15) is 9.90 Å². The molecule has 0 radical (unpaired) electrons. The van der Waals surface area contributed by atoms with Crippen molar-refractivity contribution in [3.05, 3.63) is 58.6 Å². The van der Waals surface area contributed by atoms with Crippen LogP contribution >= 0.6 is 11.6 Å². The molecular formula is C15H12ClN2O3-. The number of rotatable bonds is 4. The molecule has 0 fully saturated rings. The van der Waals surface area contributed by atoms with E-state index in [1.807, 2.05) is 0 Å². The summed E-state index contributed by atoms with van der Waals surface area (Å²) in [7, 11) is 0. The van der Waals surface area contributed by atoms with Gasteiger partial charge in [0.05, 0.1) is 17.0 Å². The predicted octanol–water partition coefficient (Wildman–Crippen LogP) is 2.95. The molecule has 0 aliphatic rings. The van der Waals surface area contributed by atoms with E-state index in [2.05, 4.69) is 10.5 Å². The van der Waals surface area contributed by atoms with Crippen LogP contribution in [0.2, 0.25) is 5.02 Å². The first kappa shape index (κ1) is 14.9. The zero-order valence-corrected chi connectivity index (χ0v) is 11.9. The molecule has 2 N–H and O–H groups in total. The lowest BCUT2D eigenvalue weighted by molar-refractivity contribution is -0.268. The second-order valence-corrected chi connectivity index (χ2v) is 4.77. The summed E-state index contributed by atoms with van der Waals surface area (Å²) < 4.78 is 0. The van der Waals surface area contributed by atoms with E-state index >= 15 is 0 Å². The molecule has 2 aromatic carbocycles. The van der Waals surface area contributed by atoms with Crippen molar-refractivity contribution in [2.24, 2.45) is 5.10 Å². The number of halogens is 1. The highest BCUT2D eigenvalue weighted by molar-refractivity contribution is 6.31. The van der Waals surface area contributed by atoms with Crippen LogP contribution in [0.3, 0.4) is 0 Å². The minimum absolute atomic E-state index is 0.163. The van der Waals surface area contributed by atoms with Crippen LogP contribution in [0.15, 0.2) is 47.6 Å². The molecule has 2 rings (SSSR count). The van der Waals surface area contributed by atoms with Crippen LogP contribution in [-0.4, -0.2) is 16.8 Å². The van der Waals surface area contributed by atoms with Gasteiger partial charge in [0.1, 0.15) is 0 Å². The largest absolute Gasteiger partial charge is 0.872 e. The first-order chi connectivity index (χ1) is 9.97. The number of anilines is 1. The van der Waals surface area contributed by atoms with Gasteiger partial charge in [-0.05, 0) is 48.9 Å². The summed E-state index contributed by atoms with van der Waals surface area (Å²) in [6.07, 6.45) is 0. The maximum atomic E-state index is 11.7. The van der Waals surface area contributed by atoms with E-state index < -0.39 is 5.97 Å². The Morgan fingerprint density at radius 2 is 1.90 bits per heavy atom. The summed E-state index contributed by atoms with van der Waals surface area (Å²) in [6.45, 7) is 1.69. The van der Waals surface area contributed by atoms with Gasteiger partial charge in [-0.25, -0.2) is 4.79 Å². The number of carbonyl (C=O) groups is 1. The zero-order chi connectivity index (χ0) is 15.4. The molecule has 0 aliphatic heterocycles. The van der Waals surface area contributed by atoms with Gasteiger partial charge >= 0.3 is 5.97 Å². The quantitative estimate of drug-likeness (QED) is 0.672. The number of nitrogens with zero attached hydrogens (tertiary/aromatic N) is 1. The molecule has 0 aliphatic carbocycles. The molecule has 0 spiro atoms. The number of carboxylic acids is 1. The molecule has 2 aromatic rings. The number of benzene rings is 2. The van der Waals surface area contributed by atoms with Crippen LogP contribution in [0.5, 0.6) is 5.75 Å². The van der Waals surface area contributed by atoms with Gasteiger partial charge in [0, 0.05) is 5.02 Å². The van der Waals surface area contributed by atoms with Gasteiger partial charge in [0.2, 0.25) is 0 Å². The highest BCUT2D eigenvalue weighted by Crippen LogP contribution is 2.20. The standard InChI is InChI=1S/C15H13ClN2O3/c1-9(13-8-11(16)4-7-14(13)19)17-18-12-5-2-10(3-6-12)15(20)21/h2-8,18-19H,1H3,(H,20,21)/p-1/b17-9+. The first-order valence-corrected chi connectivity index (χ1v) is 6.46. The molecule has 21 heavy (non-hydrogen) atoms. The molecule has 0 saturated heterocycles. The summed E-state index contributed by atoms with van der Waals surface area (Å²) in [4.78, 5) is 10.7. The van der Waals surface area contributed by atoms with Crippen LogP contribution in [0.4, 0.5) is 5.69 Å². The van der Waals surface area contributed by atoms with E-state index in [4.69, 9.17) is 16.7 Å². The smallest absolute Gasteiger partial charge is 0.335 e. The van der Waals surface area contributed by atoms with Crippen LogP contribution < -0.4 is 10.5 Å². The summed E-state index contributed by atoms with van der Waals surface area (Å²) >= 11 is 5.86. The lowest BCUT2D eigenvalue weighted by atomic mass is 10.1. The topological polar surface area (TPSA) is 84.8 Å². The molecule has 0 saturated carbocycles. The van der Waals surface area contributed by atoms with Gasteiger partial charge in [-0.1, -0.05) is 23.4 Å². The number of hydrazone groups is 1. The SMILES string of the molecule is C/C(=N\Nc1ccc(C(=O)O)cc1)c1cc(Cl)ccc1[O-]. The van der Waals surface area contributed by atoms with Gasteiger partial charge in [-0.2, -0.15) is 5.10 Å². The van der Waals surface area contributed by atoms with Crippen molar-refractivity contribution < 1.29 is 15.0 Å². The van der Waals surface area contributed by atoms with Gasteiger partial charge in [0.15, 0.2) is 0 Å². The van der Waals surface area contributed by atoms with Crippen molar-refractivity contribution in [2.45, 2.75) is 6.92 Å². The highest BCUT2D eigenvalue weighted by atomic mass is 35.5. The van der Waals surface area contributed by atoms with Crippen molar-refractivity contribution in [3.63, 3.8) is 0 Å². The van der Waals surface area contributed by atoms with E-state index in [-0.39, 0.29) is 11.3 Å². The number of hydrogen-bond acceptors (Lipinski definition) is 4. The third kappa shape index (κ3) is 3.73. The van der Waals surface area contributed by atoms with E-state index in [0.29, 0.717) is 22.0 Å². The molecule has 0 atom stereocenters. The molecule has 0 heterocycles. The molecule has 108 valence electrons. The van der Waals surface area contributed by atoms with Gasteiger partial charge in [-0.15, -0.1) is 0 Å². The van der Waals surface area contributed by atoms with Crippen molar-refractivity contribution >= 4 is 29.0 Å². The fourth-order valence-corrected chi connectivity index (χ4v) is 1.85. The normalized spacial score (nSPS) is 11.2. The summed E-state index contributed by atoms with van der Waals surface area (Å²) in [5.41, 5.74) is 4.49. The Kier molecular flexibility index (Phi) is 4.45. The Hall–Kier alpha value is -2.53. The Balaban J connectivity index is 2.16. The van der Waals surface area contributed by atoms with Gasteiger partial charge in [-0.3, -0.25) is 5.43 Å². The van der Waals surface area contributed by atoms with Crippen molar-refractivity contribution in [1.82, 2.24) is 0 Å². The lowest BCUT2D eigenvalue weighted by Crippen LogP contribution is -2.05. The second-order valence-electron chi connectivity index (χ2n) is 4.33. The van der Waals surface area contributed by atoms with Gasteiger partial charge < -0.3 is 10.2 Å². The summed E-state index contributed by atoms with van der Waals surface area (Å²) in [6, 6.07) is 10.6. The van der Waals surface area contributed by atoms with E-state index in [0.717, 1.165) is 0 Å². The molecule has 0 aromatic heterocycles. The maximum Gasteiger partial charge on any atom is 0.335 e. The Morgan fingerprint density at radius 1 is 1.24 bits per heavy atom. The average Bonchev–Trinajstić information content (AvgIpc) is 2.47. The van der Waals surface area contributed by atoms with Crippen LogP contribution in [-0.2, 0) is 0 Å². The first-order valence-electron chi connectivity index (χ1n) is 6.08. The minimum Gasteiger partial charge on any atom is -0.872 e. The fraction of sp³-hybridized carbons (Fsp3) is 0.0667. The Morgan fingerprint density at radius 3 is 2.52 bits per heavy atom. The molecule has 0 bridgehead atoms. The van der Waals surface area contributed by atoms with Crippen LogP contribution in [0.25, 0.3) is 0 Å². The average molecular weight is 304 g/mol. The molecule has 6 heteroatoms. The molecular weight excluding hydrogens is 292 g/mol. The molecule has 5 nitrogen and oxygen atoms in total.